The summed E-state index contributed by atoms with van der Waals surface area (Å²) in [7, 11) is 0. The minimum Gasteiger partial charge on any atom is -0.381 e. The van der Waals surface area contributed by atoms with Crippen molar-refractivity contribution in [2.45, 2.75) is 50.3 Å². The van der Waals surface area contributed by atoms with Crippen LogP contribution in [0.4, 0.5) is 5.69 Å². The first kappa shape index (κ1) is 20.0. The van der Waals surface area contributed by atoms with Gasteiger partial charge < -0.3 is 15.7 Å². The maximum absolute atomic E-state index is 12.7. The van der Waals surface area contributed by atoms with Gasteiger partial charge in [0.05, 0.1) is 16.1 Å². The van der Waals surface area contributed by atoms with Gasteiger partial charge in [-0.1, -0.05) is 72.8 Å². The molecular formula is C21H24Cl2N2O2. The van der Waals surface area contributed by atoms with Gasteiger partial charge in [-0.15, -0.1) is 0 Å². The van der Waals surface area contributed by atoms with Crippen LogP contribution in [0.2, 0.25) is 10.0 Å². The number of nitrogens with one attached hydrogen (secondary N) is 2. The van der Waals surface area contributed by atoms with Gasteiger partial charge in [0, 0.05) is 11.7 Å². The molecular weight excluding hydrogens is 383 g/mol. The second kappa shape index (κ2) is 9.45. The topological polar surface area (TPSA) is 61.4 Å². The summed E-state index contributed by atoms with van der Waals surface area (Å²) in [6.07, 6.45) is 4.14. The fourth-order valence-corrected chi connectivity index (χ4v) is 3.75. The quantitative estimate of drug-likeness (QED) is 0.635. The number of amides is 1. The van der Waals surface area contributed by atoms with Crippen LogP contribution in [0.1, 0.15) is 43.7 Å². The van der Waals surface area contributed by atoms with Gasteiger partial charge in [-0.3, -0.25) is 4.79 Å². The van der Waals surface area contributed by atoms with Gasteiger partial charge in [0.1, 0.15) is 0 Å². The number of hydrogen-bond acceptors (Lipinski definition) is 3. The zero-order valence-corrected chi connectivity index (χ0v) is 16.5. The van der Waals surface area contributed by atoms with Crippen molar-refractivity contribution in [1.29, 1.82) is 0 Å². The Morgan fingerprint density at radius 1 is 1.00 bits per heavy atom. The fourth-order valence-electron chi connectivity index (χ4n) is 3.46. The maximum Gasteiger partial charge on any atom is 0.251 e. The van der Waals surface area contributed by atoms with E-state index in [1.165, 1.54) is 6.42 Å². The molecule has 4 nitrogen and oxygen atoms in total. The predicted octanol–water partition coefficient (Wildman–Crippen LogP) is 4.96. The van der Waals surface area contributed by atoms with Crippen LogP contribution in [0, 0.1) is 0 Å². The molecule has 0 radical (unpaired) electrons. The van der Waals surface area contributed by atoms with Crippen LogP contribution >= 0.6 is 23.2 Å². The molecule has 6 heteroatoms. The summed E-state index contributed by atoms with van der Waals surface area (Å²) in [6.45, 7) is 0. The molecule has 1 fully saturated rings. The molecule has 1 saturated carbocycles. The Morgan fingerprint density at radius 3 is 2.37 bits per heavy atom. The molecule has 1 aliphatic rings. The highest BCUT2D eigenvalue weighted by Gasteiger charge is 2.29. The first-order valence-electron chi connectivity index (χ1n) is 9.29. The van der Waals surface area contributed by atoms with E-state index in [9.17, 15) is 9.90 Å². The van der Waals surface area contributed by atoms with E-state index in [0.717, 1.165) is 31.2 Å². The van der Waals surface area contributed by atoms with Gasteiger partial charge in [-0.2, -0.15) is 0 Å². The number of rotatable bonds is 6. The van der Waals surface area contributed by atoms with Crippen molar-refractivity contribution in [3.63, 3.8) is 0 Å². The van der Waals surface area contributed by atoms with E-state index in [2.05, 4.69) is 10.6 Å². The Hall–Kier alpha value is -1.75. The number of aliphatic hydroxyl groups is 1. The summed E-state index contributed by atoms with van der Waals surface area (Å²) in [5, 5.41) is 17.9. The number of halogens is 2. The third-order valence-corrected chi connectivity index (χ3v) is 5.68. The second-order valence-electron chi connectivity index (χ2n) is 6.95. The number of carbonyl (C=O) groups is 1. The normalized spacial score (nSPS) is 17.1. The van der Waals surface area contributed by atoms with Crippen molar-refractivity contribution < 1.29 is 9.90 Å². The maximum atomic E-state index is 12.7. The van der Waals surface area contributed by atoms with Crippen LogP contribution in [0.5, 0.6) is 0 Å². The lowest BCUT2D eigenvalue weighted by Gasteiger charge is -2.28. The third kappa shape index (κ3) is 5.38. The lowest BCUT2D eigenvalue weighted by molar-refractivity contribution is -0.131. The van der Waals surface area contributed by atoms with Crippen LogP contribution in [0.3, 0.4) is 0 Å². The Bertz CT molecular complexity index is 764. The van der Waals surface area contributed by atoms with Gasteiger partial charge in [0.2, 0.25) is 0 Å². The van der Waals surface area contributed by atoms with Crippen LogP contribution in [0.15, 0.2) is 48.5 Å². The van der Waals surface area contributed by atoms with Crippen molar-refractivity contribution in [2.75, 3.05) is 5.32 Å². The molecule has 27 heavy (non-hydrogen) atoms. The summed E-state index contributed by atoms with van der Waals surface area (Å²) in [5.41, 5.74) is 1.50. The zero-order valence-electron chi connectivity index (χ0n) is 15.0. The molecule has 0 bridgehead atoms. The number of carbonyl (C=O) groups excluding carboxylic acids is 1. The summed E-state index contributed by atoms with van der Waals surface area (Å²) >= 11 is 12.1. The van der Waals surface area contributed by atoms with Gasteiger partial charge in [-0.05, 0) is 36.6 Å². The molecule has 0 aliphatic heterocycles. The number of hydrogen-bond donors (Lipinski definition) is 3. The Kier molecular flexibility index (Phi) is 7.00. The largest absolute Gasteiger partial charge is 0.381 e. The molecule has 2 atom stereocenters. The molecule has 3 rings (SSSR count). The summed E-state index contributed by atoms with van der Waals surface area (Å²) < 4.78 is 0. The summed E-state index contributed by atoms with van der Waals surface area (Å²) in [5.74, 6) is -0.358. The van der Waals surface area contributed by atoms with E-state index in [4.69, 9.17) is 23.2 Å². The third-order valence-electron chi connectivity index (χ3n) is 4.94. The molecule has 144 valence electrons. The van der Waals surface area contributed by atoms with E-state index < -0.39 is 12.1 Å². The molecule has 0 unspecified atom stereocenters. The van der Waals surface area contributed by atoms with Crippen molar-refractivity contribution >= 4 is 34.8 Å². The van der Waals surface area contributed by atoms with Crippen molar-refractivity contribution in [3.8, 4) is 0 Å². The first-order valence-corrected chi connectivity index (χ1v) is 10.0. The summed E-state index contributed by atoms with van der Waals surface area (Å²) in [6, 6.07) is 14.1. The molecule has 0 spiro atoms. The van der Waals surface area contributed by atoms with Gasteiger partial charge in [0.25, 0.3) is 5.91 Å². The molecule has 1 amide bonds. The van der Waals surface area contributed by atoms with E-state index >= 15 is 0 Å². The monoisotopic (exact) mass is 406 g/mol. The van der Waals surface area contributed by atoms with Crippen molar-refractivity contribution in [3.05, 3.63) is 64.1 Å². The van der Waals surface area contributed by atoms with Crippen LogP contribution in [0.25, 0.3) is 0 Å². The minimum absolute atomic E-state index is 0.141. The van der Waals surface area contributed by atoms with Gasteiger partial charge >= 0.3 is 0 Å². The smallest absolute Gasteiger partial charge is 0.251 e. The Labute approximate surface area is 169 Å². The average Bonchev–Trinajstić information content (AvgIpc) is 2.69. The van der Waals surface area contributed by atoms with E-state index in [-0.39, 0.29) is 11.9 Å². The van der Waals surface area contributed by atoms with Crippen LogP contribution in [-0.2, 0) is 4.79 Å². The average molecular weight is 407 g/mol. The standard InChI is InChI=1S/C21H24Cl2N2O2/c22-17-12-11-16(13-18(17)23)24-19(14-7-3-1-4-8-14)20(26)21(27)25-15-9-5-2-6-10-15/h1,3-4,7-8,11-13,15,19-20,24,26H,2,5-6,9-10H2,(H,25,27)/t19-,20+/m1/s1. The highest BCUT2D eigenvalue weighted by molar-refractivity contribution is 6.42. The Balaban J connectivity index is 1.78. The zero-order chi connectivity index (χ0) is 19.2. The van der Waals surface area contributed by atoms with Gasteiger partial charge in [0.15, 0.2) is 6.10 Å². The molecule has 2 aromatic rings. The molecule has 1 aliphatic carbocycles. The number of anilines is 1. The minimum atomic E-state index is -1.23. The number of aliphatic hydroxyl groups excluding tert-OH is 1. The molecule has 2 aromatic carbocycles. The predicted molar refractivity (Wildman–Crippen MR) is 110 cm³/mol. The lowest BCUT2D eigenvalue weighted by Crippen LogP contribution is -2.45. The molecule has 3 N–H and O–H groups in total. The molecule has 0 saturated heterocycles. The fraction of sp³-hybridized carbons (Fsp3) is 0.381. The number of benzene rings is 2. The highest BCUT2D eigenvalue weighted by atomic mass is 35.5. The van der Waals surface area contributed by atoms with E-state index in [1.807, 2.05) is 30.3 Å². The van der Waals surface area contributed by atoms with Crippen molar-refractivity contribution in [2.24, 2.45) is 0 Å². The van der Waals surface area contributed by atoms with Crippen LogP contribution < -0.4 is 10.6 Å². The SMILES string of the molecule is O=C(NC1CCCCC1)[C@@H](O)[C@H](Nc1ccc(Cl)c(Cl)c1)c1ccccc1. The molecule has 0 aromatic heterocycles. The second-order valence-corrected chi connectivity index (χ2v) is 7.76. The van der Waals surface area contributed by atoms with Crippen molar-refractivity contribution in [1.82, 2.24) is 5.32 Å². The highest BCUT2D eigenvalue weighted by Crippen LogP contribution is 2.29. The summed E-state index contributed by atoms with van der Waals surface area (Å²) in [4.78, 5) is 12.7. The Morgan fingerprint density at radius 2 is 1.70 bits per heavy atom. The lowest BCUT2D eigenvalue weighted by atomic mass is 9.94. The van der Waals surface area contributed by atoms with Crippen LogP contribution in [-0.4, -0.2) is 23.2 Å². The van der Waals surface area contributed by atoms with E-state index in [0.29, 0.717) is 15.7 Å². The van der Waals surface area contributed by atoms with E-state index in [1.54, 1.807) is 18.2 Å². The van der Waals surface area contributed by atoms with Gasteiger partial charge in [-0.25, -0.2) is 0 Å². The molecule has 0 heterocycles. The first-order chi connectivity index (χ1) is 13.0.